The molecule has 0 radical (unpaired) electrons. The van der Waals surface area contributed by atoms with E-state index in [-0.39, 0.29) is 24.2 Å². The van der Waals surface area contributed by atoms with E-state index in [1.165, 1.54) is 12.1 Å². The van der Waals surface area contributed by atoms with Crippen LogP contribution in [-0.4, -0.2) is 40.4 Å². The predicted molar refractivity (Wildman–Crippen MR) is 97.6 cm³/mol. The van der Waals surface area contributed by atoms with Gasteiger partial charge in [-0.2, -0.15) is 0 Å². The molecule has 2 aromatic rings. The lowest BCUT2D eigenvalue weighted by Crippen LogP contribution is -2.45. The summed E-state index contributed by atoms with van der Waals surface area (Å²) in [6, 6.07) is 7.91. The molecule has 1 aromatic carbocycles. The van der Waals surface area contributed by atoms with Crippen LogP contribution in [0.3, 0.4) is 0 Å². The molecule has 1 atom stereocenters. The molecular formula is C20H21FN4O. The van der Waals surface area contributed by atoms with Crippen molar-refractivity contribution in [2.75, 3.05) is 24.5 Å². The van der Waals surface area contributed by atoms with Gasteiger partial charge in [0.25, 0.3) is 0 Å². The number of hydrogen-bond acceptors (Lipinski definition) is 4. The Hall–Kier alpha value is -2.94. The van der Waals surface area contributed by atoms with Crippen molar-refractivity contribution in [1.29, 1.82) is 0 Å². The van der Waals surface area contributed by atoms with Gasteiger partial charge in [0.2, 0.25) is 11.9 Å². The number of aromatic nitrogens is 2. The molecule has 0 unspecified atom stereocenters. The molecule has 1 saturated heterocycles. The third-order valence-electron chi connectivity index (χ3n) is 4.49. The van der Waals surface area contributed by atoms with Gasteiger partial charge in [-0.25, -0.2) is 14.4 Å². The van der Waals surface area contributed by atoms with Crippen molar-refractivity contribution in [3.05, 3.63) is 54.1 Å². The van der Waals surface area contributed by atoms with E-state index >= 15 is 0 Å². The van der Waals surface area contributed by atoms with E-state index in [2.05, 4.69) is 15.9 Å². The van der Waals surface area contributed by atoms with E-state index in [4.69, 9.17) is 6.42 Å². The summed E-state index contributed by atoms with van der Waals surface area (Å²) in [4.78, 5) is 25.3. The lowest BCUT2D eigenvalue weighted by Gasteiger charge is -2.34. The number of piperidine rings is 1. The van der Waals surface area contributed by atoms with Crippen LogP contribution in [0, 0.1) is 24.1 Å². The number of terminal acetylenes is 1. The smallest absolute Gasteiger partial charge is 0.228 e. The van der Waals surface area contributed by atoms with E-state index in [1.54, 1.807) is 35.5 Å². The van der Waals surface area contributed by atoms with Crippen LogP contribution < -0.4 is 4.90 Å². The highest BCUT2D eigenvalue weighted by Crippen LogP contribution is 2.22. The van der Waals surface area contributed by atoms with E-state index in [9.17, 15) is 9.18 Å². The molecule has 3 rings (SSSR count). The van der Waals surface area contributed by atoms with Gasteiger partial charge in [0.1, 0.15) is 5.82 Å². The number of benzene rings is 1. The Morgan fingerprint density at radius 1 is 1.31 bits per heavy atom. The Morgan fingerprint density at radius 2 is 2.04 bits per heavy atom. The molecule has 0 saturated carbocycles. The van der Waals surface area contributed by atoms with Crippen LogP contribution in [-0.2, 0) is 11.3 Å². The summed E-state index contributed by atoms with van der Waals surface area (Å²) < 4.78 is 13.1. The normalized spacial score (nSPS) is 16.8. The minimum absolute atomic E-state index is 0.0212. The van der Waals surface area contributed by atoms with Crippen LogP contribution in [0.2, 0.25) is 0 Å². The maximum atomic E-state index is 13.1. The Labute approximate surface area is 152 Å². The summed E-state index contributed by atoms with van der Waals surface area (Å²) in [5.74, 6) is 2.77. The van der Waals surface area contributed by atoms with Crippen molar-refractivity contribution in [3.8, 4) is 12.3 Å². The maximum Gasteiger partial charge on any atom is 0.228 e. The zero-order valence-electron chi connectivity index (χ0n) is 14.5. The first-order valence-electron chi connectivity index (χ1n) is 8.66. The number of halogens is 1. The average molecular weight is 352 g/mol. The Balaban J connectivity index is 1.70. The Morgan fingerprint density at radius 3 is 2.73 bits per heavy atom. The lowest BCUT2D eigenvalue weighted by molar-refractivity contribution is -0.135. The number of carbonyl (C=O) groups excluding carboxylic acids is 1. The molecule has 0 N–H and O–H groups in total. The molecule has 1 aliphatic rings. The number of carbonyl (C=O) groups is 1. The van der Waals surface area contributed by atoms with Crippen LogP contribution >= 0.6 is 0 Å². The van der Waals surface area contributed by atoms with Crippen LogP contribution in [0.25, 0.3) is 0 Å². The van der Waals surface area contributed by atoms with E-state index < -0.39 is 0 Å². The van der Waals surface area contributed by atoms with Gasteiger partial charge in [0.05, 0.1) is 12.5 Å². The fraction of sp³-hybridized carbons (Fsp3) is 0.350. The first-order chi connectivity index (χ1) is 12.7. The zero-order valence-corrected chi connectivity index (χ0v) is 14.5. The molecule has 1 aliphatic heterocycles. The molecule has 6 heteroatoms. The summed E-state index contributed by atoms with van der Waals surface area (Å²) in [5.41, 5.74) is 0.856. The van der Waals surface area contributed by atoms with Gasteiger partial charge in [-0.3, -0.25) is 4.79 Å². The summed E-state index contributed by atoms with van der Waals surface area (Å²) in [7, 11) is 0. The van der Waals surface area contributed by atoms with E-state index in [1.807, 2.05) is 4.90 Å². The second kappa shape index (κ2) is 8.43. The fourth-order valence-corrected chi connectivity index (χ4v) is 3.21. The van der Waals surface area contributed by atoms with Crippen molar-refractivity contribution in [1.82, 2.24) is 14.9 Å². The first kappa shape index (κ1) is 17.9. The molecule has 2 heterocycles. The third kappa shape index (κ3) is 4.37. The first-order valence-corrected chi connectivity index (χ1v) is 8.66. The highest BCUT2D eigenvalue weighted by atomic mass is 19.1. The van der Waals surface area contributed by atoms with Gasteiger partial charge in [-0.05, 0) is 36.6 Å². The molecular weight excluding hydrogens is 331 g/mol. The molecule has 1 amide bonds. The van der Waals surface area contributed by atoms with Gasteiger partial charge < -0.3 is 9.80 Å². The van der Waals surface area contributed by atoms with Crippen molar-refractivity contribution in [2.45, 2.75) is 19.4 Å². The standard InChI is InChI=1S/C20H21FN4O/c1-2-12-24(14-16-6-8-18(21)9-7-16)19(26)17-5-3-13-25(15-17)20-22-10-4-11-23-20/h1,4,6-11,17H,3,5,12-15H2/t17-/m1/s1. The number of hydrogen-bond donors (Lipinski definition) is 0. The summed E-state index contributed by atoms with van der Waals surface area (Å²) in [5, 5.41) is 0. The van der Waals surface area contributed by atoms with Gasteiger partial charge in [-0.1, -0.05) is 18.1 Å². The molecule has 5 nitrogen and oxygen atoms in total. The van der Waals surface area contributed by atoms with Crippen LogP contribution in [0.15, 0.2) is 42.7 Å². The average Bonchev–Trinajstić information content (AvgIpc) is 2.69. The lowest BCUT2D eigenvalue weighted by atomic mass is 9.96. The number of anilines is 1. The molecule has 26 heavy (non-hydrogen) atoms. The summed E-state index contributed by atoms with van der Waals surface area (Å²) >= 11 is 0. The van der Waals surface area contributed by atoms with Crippen LogP contribution in [0.4, 0.5) is 10.3 Å². The minimum Gasteiger partial charge on any atom is -0.340 e. The topological polar surface area (TPSA) is 49.3 Å². The molecule has 1 aromatic heterocycles. The fourth-order valence-electron chi connectivity index (χ4n) is 3.21. The van der Waals surface area contributed by atoms with Gasteiger partial charge in [-0.15, -0.1) is 6.42 Å². The number of rotatable bonds is 5. The van der Waals surface area contributed by atoms with Gasteiger partial charge in [0, 0.05) is 32.0 Å². The number of nitrogens with zero attached hydrogens (tertiary/aromatic N) is 4. The monoisotopic (exact) mass is 352 g/mol. The summed E-state index contributed by atoms with van der Waals surface area (Å²) in [6.45, 7) is 2.02. The van der Waals surface area contributed by atoms with Crippen molar-refractivity contribution < 1.29 is 9.18 Å². The largest absolute Gasteiger partial charge is 0.340 e. The third-order valence-corrected chi connectivity index (χ3v) is 4.49. The predicted octanol–water partition coefficient (Wildman–Crippen LogP) is 2.49. The van der Waals surface area contributed by atoms with Crippen LogP contribution in [0.1, 0.15) is 18.4 Å². The molecule has 0 aliphatic carbocycles. The Bertz CT molecular complexity index is 773. The van der Waals surface area contributed by atoms with Gasteiger partial charge >= 0.3 is 0 Å². The Kier molecular flexibility index (Phi) is 5.80. The number of amides is 1. The second-order valence-corrected chi connectivity index (χ2v) is 6.36. The molecule has 0 bridgehead atoms. The SMILES string of the molecule is C#CCN(Cc1ccc(F)cc1)C(=O)[C@@H]1CCCN(c2ncccn2)C1. The quantitative estimate of drug-likeness (QED) is 0.776. The maximum absolute atomic E-state index is 13.1. The zero-order chi connectivity index (χ0) is 18.4. The minimum atomic E-state index is -0.297. The van der Waals surface area contributed by atoms with Crippen molar-refractivity contribution >= 4 is 11.9 Å². The second-order valence-electron chi connectivity index (χ2n) is 6.36. The molecule has 134 valence electrons. The van der Waals surface area contributed by atoms with Crippen LogP contribution in [0.5, 0.6) is 0 Å². The van der Waals surface area contributed by atoms with E-state index in [0.717, 1.165) is 24.9 Å². The highest BCUT2D eigenvalue weighted by molar-refractivity contribution is 5.80. The van der Waals surface area contributed by atoms with Crippen molar-refractivity contribution in [2.24, 2.45) is 5.92 Å². The van der Waals surface area contributed by atoms with E-state index in [0.29, 0.717) is 19.0 Å². The molecule has 0 spiro atoms. The van der Waals surface area contributed by atoms with Gasteiger partial charge in [0.15, 0.2) is 0 Å². The summed E-state index contributed by atoms with van der Waals surface area (Å²) in [6.07, 6.45) is 10.6. The molecule has 1 fully saturated rings. The highest BCUT2D eigenvalue weighted by Gasteiger charge is 2.30. The van der Waals surface area contributed by atoms with Crippen molar-refractivity contribution in [3.63, 3.8) is 0 Å².